The summed E-state index contributed by atoms with van der Waals surface area (Å²) in [6.45, 7) is 0.0726. The number of ketones is 1. The van der Waals surface area contributed by atoms with E-state index < -0.39 is 36.6 Å². The number of aliphatic hydroxyl groups is 1. The summed E-state index contributed by atoms with van der Waals surface area (Å²) >= 11 is 0. The van der Waals surface area contributed by atoms with Gasteiger partial charge in [-0.05, 0) is 42.9 Å². The van der Waals surface area contributed by atoms with Crippen LogP contribution in [-0.2, 0) is 24.8 Å². The first-order chi connectivity index (χ1) is 19.4. The number of rotatable bonds is 9. The summed E-state index contributed by atoms with van der Waals surface area (Å²) in [5.74, 6) is -2.26. The second-order valence-corrected chi connectivity index (χ2v) is 10.0. The van der Waals surface area contributed by atoms with Crippen molar-refractivity contribution in [3.8, 4) is 5.75 Å². The molecule has 3 N–H and O–H groups in total. The summed E-state index contributed by atoms with van der Waals surface area (Å²) < 4.78 is 46.3. The molecule has 10 nitrogen and oxygen atoms in total. The second-order valence-electron chi connectivity index (χ2n) is 10.0. The van der Waals surface area contributed by atoms with Crippen LogP contribution in [-0.4, -0.2) is 69.2 Å². The van der Waals surface area contributed by atoms with E-state index in [-0.39, 0.29) is 40.7 Å². The molecule has 0 saturated carbocycles. The van der Waals surface area contributed by atoms with Gasteiger partial charge in [0, 0.05) is 31.4 Å². The number of carbonyl (C=O) groups excluding carboxylic acids is 3. The zero-order valence-corrected chi connectivity index (χ0v) is 22.7. The molecule has 2 aromatic heterocycles. The minimum atomic E-state index is -4.73. The maximum absolute atomic E-state index is 13.7. The van der Waals surface area contributed by atoms with Crippen molar-refractivity contribution < 1.29 is 37.4 Å². The molecule has 3 heterocycles. The number of piperidine rings is 1. The zero-order chi connectivity index (χ0) is 30.1. The van der Waals surface area contributed by atoms with Crippen LogP contribution in [0.2, 0.25) is 0 Å². The highest BCUT2D eigenvalue weighted by atomic mass is 19.4. The van der Waals surface area contributed by atoms with Gasteiger partial charge in [-0.1, -0.05) is 25.1 Å². The smallest absolute Gasteiger partial charge is 0.422 e. The van der Waals surface area contributed by atoms with Crippen LogP contribution in [0, 0.1) is 0 Å². The number of aliphatic hydroxyl groups excluding tert-OH is 1. The highest BCUT2D eigenvalue weighted by Crippen LogP contribution is 2.33. The fourth-order valence-electron chi connectivity index (χ4n) is 5.35. The quantitative estimate of drug-likeness (QED) is 0.376. The summed E-state index contributed by atoms with van der Waals surface area (Å²) in [5.41, 5.74) is 6.12. The van der Waals surface area contributed by atoms with E-state index in [0.29, 0.717) is 43.6 Å². The number of amides is 2. The third-order valence-electron chi connectivity index (χ3n) is 7.44. The van der Waals surface area contributed by atoms with Gasteiger partial charge in [0.05, 0.1) is 12.1 Å². The van der Waals surface area contributed by atoms with Crippen LogP contribution in [0.4, 0.5) is 13.2 Å². The zero-order valence-electron chi connectivity index (χ0n) is 22.7. The maximum Gasteiger partial charge on any atom is 0.422 e. The lowest BCUT2D eigenvalue weighted by Crippen LogP contribution is -2.39. The average molecular weight is 577 g/mol. The lowest BCUT2D eigenvalue weighted by atomic mass is 9.88. The first-order valence-electron chi connectivity index (χ1n) is 13.1. The molecule has 0 atom stereocenters. The predicted octanol–water partition coefficient (Wildman–Crippen LogP) is 2.52. The minimum absolute atomic E-state index is 0.0978. The summed E-state index contributed by atoms with van der Waals surface area (Å²) in [6, 6.07) is 8.53. The van der Waals surface area contributed by atoms with E-state index in [1.165, 1.54) is 22.2 Å². The number of alkyl halides is 3. The van der Waals surface area contributed by atoms with Crippen molar-refractivity contribution in [2.75, 3.05) is 26.3 Å². The first kappa shape index (κ1) is 29.8. The lowest BCUT2D eigenvalue weighted by molar-refractivity contribution is -0.153. The standard InChI is InChI=1S/C28H31F3N4O6/c1-3-19-12-20-23(25(41-15-28(29,30)31)24(26(32)39)33(20)2)27(40)35(19)13-21(37)18-6-4-5-17(11-18)16-7-9-34(10-8-16)22(38)14-36/h4-6,11-12,16,36H,3,7-10,13-15H2,1-2H3,(H2,32,39). The highest BCUT2D eigenvalue weighted by Gasteiger charge is 2.32. The normalized spacial score (nSPS) is 14.4. The number of primary amides is 1. The largest absolute Gasteiger partial charge is 0.481 e. The molecule has 0 bridgehead atoms. The van der Waals surface area contributed by atoms with Crippen LogP contribution in [0.15, 0.2) is 35.1 Å². The molecule has 3 aromatic rings. The van der Waals surface area contributed by atoms with Crippen LogP contribution in [0.1, 0.15) is 57.8 Å². The molecule has 0 radical (unpaired) electrons. The number of carbonyl (C=O) groups is 3. The molecular weight excluding hydrogens is 545 g/mol. The van der Waals surface area contributed by atoms with Gasteiger partial charge in [0.2, 0.25) is 5.91 Å². The van der Waals surface area contributed by atoms with Gasteiger partial charge in [0.25, 0.3) is 11.5 Å². The molecule has 1 aliphatic rings. The monoisotopic (exact) mass is 576 g/mol. The number of fused-ring (bicyclic) bond motifs is 1. The van der Waals surface area contributed by atoms with E-state index in [1.54, 1.807) is 30.0 Å². The number of nitrogens with zero attached hydrogens (tertiary/aromatic N) is 3. The number of nitrogens with two attached hydrogens (primary N) is 1. The van der Waals surface area contributed by atoms with Crippen LogP contribution in [0.5, 0.6) is 5.75 Å². The van der Waals surface area contributed by atoms with Crippen molar-refractivity contribution in [2.45, 2.75) is 44.8 Å². The molecule has 1 aromatic carbocycles. The molecule has 41 heavy (non-hydrogen) atoms. The number of halogens is 3. The van der Waals surface area contributed by atoms with Crippen molar-refractivity contribution in [1.29, 1.82) is 0 Å². The summed E-state index contributed by atoms with van der Waals surface area (Å²) in [6.07, 6.45) is -3.09. The molecular formula is C28H31F3N4O6. The Labute approximate surface area is 233 Å². The van der Waals surface area contributed by atoms with Gasteiger partial charge < -0.3 is 29.6 Å². The third kappa shape index (κ3) is 6.14. The summed E-state index contributed by atoms with van der Waals surface area (Å²) in [5, 5.41) is 8.82. The van der Waals surface area contributed by atoms with Crippen molar-refractivity contribution >= 4 is 28.5 Å². The van der Waals surface area contributed by atoms with E-state index in [0.717, 1.165) is 5.56 Å². The van der Waals surface area contributed by atoms with Crippen LogP contribution in [0.3, 0.4) is 0 Å². The Morgan fingerprint density at radius 3 is 2.41 bits per heavy atom. The molecule has 220 valence electrons. The number of Topliss-reactive ketones (excluding diaryl/α,β-unsaturated/α-hetero) is 1. The molecule has 0 spiro atoms. The fraction of sp³-hybridized carbons (Fsp3) is 0.429. The van der Waals surface area contributed by atoms with Crippen molar-refractivity contribution in [2.24, 2.45) is 12.8 Å². The number of likely N-dealkylation sites (tertiary alicyclic amines) is 1. The molecule has 0 unspecified atom stereocenters. The van der Waals surface area contributed by atoms with Crippen LogP contribution in [0.25, 0.3) is 10.9 Å². The van der Waals surface area contributed by atoms with E-state index >= 15 is 0 Å². The number of ether oxygens (including phenoxy) is 1. The lowest BCUT2D eigenvalue weighted by Gasteiger charge is -2.32. The minimum Gasteiger partial charge on any atom is -0.481 e. The van der Waals surface area contributed by atoms with E-state index in [9.17, 15) is 32.3 Å². The predicted molar refractivity (Wildman–Crippen MR) is 143 cm³/mol. The fourth-order valence-corrected chi connectivity index (χ4v) is 5.35. The average Bonchev–Trinajstić information content (AvgIpc) is 3.23. The topological polar surface area (TPSA) is 137 Å². The molecule has 1 fully saturated rings. The summed E-state index contributed by atoms with van der Waals surface area (Å²) in [4.78, 5) is 52.6. The van der Waals surface area contributed by atoms with Gasteiger partial charge in [-0.25, -0.2) is 0 Å². The highest BCUT2D eigenvalue weighted by molar-refractivity contribution is 6.03. The number of aryl methyl sites for hydroxylation is 2. The molecule has 1 saturated heterocycles. The third-order valence-corrected chi connectivity index (χ3v) is 7.44. The maximum atomic E-state index is 13.7. The van der Waals surface area contributed by atoms with Crippen LogP contribution < -0.4 is 16.0 Å². The Hall–Kier alpha value is -4.13. The molecule has 4 rings (SSSR count). The second kappa shape index (κ2) is 11.8. The Bertz CT molecular complexity index is 1550. The summed E-state index contributed by atoms with van der Waals surface area (Å²) in [7, 11) is 1.40. The molecule has 2 amide bonds. The SMILES string of the molecule is CCc1cc2c(c(OCC(F)(F)F)c(C(N)=O)n2C)c(=O)n1CC(=O)c1cccc(C2CCN(C(=O)CO)CC2)c1. The van der Waals surface area contributed by atoms with Crippen LogP contribution >= 0.6 is 0 Å². The van der Waals surface area contributed by atoms with Gasteiger partial charge in [-0.2, -0.15) is 13.2 Å². The number of hydrogen-bond acceptors (Lipinski definition) is 6. The van der Waals surface area contributed by atoms with E-state index in [2.05, 4.69) is 0 Å². The molecule has 1 aliphatic heterocycles. The first-order valence-corrected chi connectivity index (χ1v) is 13.1. The van der Waals surface area contributed by atoms with Gasteiger partial charge >= 0.3 is 6.18 Å². The Kier molecular flexibility index (Phi) is 8.57. The van der Waals surface area contributed by atoms with Gasteiger partial charge in [0.15, 0.2) is 18.1 Å². The van der Waals surface area contributed by atoms with Gasteiger partial charge in [-0.15, -0.1) is 0 Å². The van der Waals surface area contributed by atoms with Gasteiger partial charge in [-0.3, -0.25) is 19.2 Å². The number of aromatic nitrogens is 2. The van der Waals surface area contributed by atoms with Crippen molar-refractivity contribution in [3.05, 3.63) is 63.2 Å². The van der Waals surface area contributed by atoms with Crippen molar-refractivity contribution in [1.82, 2.24) is 14.0 Å². The van der Waals surface area contributed by atoms with Gasteiger partial charge in [0.1, 0.15) is 17.7 Å². The Morgan fingerprint density at radius 1 is 1.15 bits per heavy atom. The van der Waals surface area contributed by atoms with E-state index in [1.807, 2.05) is 6.07 Å². The number of hydrogen-bond donors (Lipinski definition) is 2. The Balaban J connectivity index is 1.68. The number of benzene rings is 1. The molecule has 0 aliphatic carbocycles. The Morgan fingerprint density at radius 2 is 1.83 bits per heavy atom. The van der Waals surface area contributed by atoms with E-state index in [4.69, 9.17) is 15.6 Å². The molecule has 13 heteroatoms. The number of pyridine rings is 1. The van der Waals surface area contributed by atoms with Crippen molar-refractivity contribution in [3.63, 3.8) is 0 Å².